The molecule has 0 radical (unpaired) electrons. The van der Waals surface area contributed by atoms with Crippen LogP contribution in [0.2, 0.25) is 0 Å². The Morgan fingerprint density at radius 2 is 1.51 bits per heavy atom. The van der Waals surface area contributed by atoms with Gasteiger partial charge in [-0.25, -0.2) is 4.79 Å². The van der Waals surface area contributed by atoms with Gasteiger partial charge < -0.3 is 23.8 Å². The van der Waals surface area contributed by atoms with Crippen LogP contribution in [0.3, 0.4) is 0 Å². The molecule has 0 bridgehead atoms. The maximum atomic E-state index is 13.5. The van der Waals surface area contributed by atoms with Crippen LogP contribution in [0.15, 0.2) is 48.5 Å². The standard InChI is InChI=1S/C29H31F3N4O7/c30-29(31,32)43-22-8-6-21(7-9-22)42-20-4-2-19(3-5-20)28(24(37)33-26(39)34-25(28)38)36-17-27(18-36)10-1-11-35(16-27)14-23-15-40-12-13-41-23/h2-9,23H,1,10-18H2,(H2,33,34,37,38,39). The Kier molecular flexibility index (Phi) is 7.79. The van der Waals surface area contributed by atoms with E-state index in [1.54, 1.807) is 24.3 Å². The summed E-state index contributed by atoms with van der Waals surface area (Å²) in [5.41, 5.74) is -1.53. The number of nitrogens with zero attached hydrogens (tertiary/aromatic N) is 2. The molecular formula is C29H31F3N4O7. The minimum atomic E-state index is -4.80. The molecule has 4 saturated heterocycles. The number of carbonyl (C=O) groups is 3. The van der Waals surface area contributed by atoms with Gasteiger partial charge in [-0.2, -0.15) is 0 Å². The van der Waals surface area contributed by atoms with Crippen molar-refractivity contribution in [1.82, 2.24) is 20.4 Å². The van der Waals surface area contributed by atoms with Crippen LogP contribution in [0.1, 0.15) is 18.4 Å². The third kappa shape index (κ3) is 6.05. The van der Waals surface area contributed by atoms with E-state index in [0.717, 1.165) is 44.6 Å². The summed E-state index contributed by atoms with van der Waals surface area (Å²) in [6, 6.07) is 10.3. The summed E-state index contributed by atoms with van der Waals surface area (Å²) in [5.74, 6) is -1.26. The third-order valence-corrected chi connectivity index (χ3v) is 8.29. The molecule has 0 aliphatic carbocycles. The molecule has 2 aromatic rings. The molecule has 43 heavy (non-hydrogen) atoms. The van der Waals surface area contributed by atoms with E-state index in [0.29, 0.717) is 44.2 Å². The van der Waals surface area contributed by atoms with Crippen LogP contribution in [0, 0.1) is 5.41 Å². The fraction of sp³-hybridized carbons (Fsp3) is 0.483. The average molecular weight is 605 g/mol. The van der Waals surface area contributed by atoms with Gasteiger partial charge in [0.1, 0.15) is 17.2 Å². The molecule has 0 saturated carbocycles. The number of likely N-dealkylation sites (tertiary alicyclic amines) is 2. The first-order valence-electron chi connectivity index (χ1n) is 14.0. The topological polar surface area (TPSA) is 119 Å². The van der Waals surface area contributed by atoms with Crippen molar-refractivity contribution in [2.24, 2.45) is 5.41 Å². The molecule has 1 atom stereocenters. The van der Waals surface area contributed by atoms with E-state index >= 15 is 0 Å². The number of nitrogens with one attached hydrogen (secondary N) is 2. The minimum absolute atomic E-state index is 0.0132. The fourth-order valence-corrected chi connectivity index (χ4v) is 6.52. The summed E-state index contributed by atoms with van der Waals surface area (Å²) in [5, 5.41) is 4.53. The number of piperidine rings is 1. The predicted molar refractivity (Wildman–Crippen MR) is 143 cm³/mol. The second-order valence-corrected chi connectivity index (χ2v) is 11.4. The van der Waals surface area contributed by atoms with Crippen molar-refractivity contribution in [3.05, 3.63) is 54.1 Å². The number of halogens is 3. The van der Waals surface area contributed by atoms with E-state index in [2.05, 4.69) is 20.3 Å². The van der Waals surface area contributed by atoms with Gasteiger partial charge in [0.05, 0.1) is 25.9 Å². The van der Waals surface area contributed by atoms with E-state index in [1.807, 2.05) is 4.90 Å². The molecule has 4 fully saturated rings. The quantitative estimate of drug-likeness (QED) is 0.460. The first-order valence-corrected chi connectivity index (χ1v) is 14.0. The summed E-state index contributed by atoms with van der Waals surface area (Å²) in [6.07, 6.45) is -2.87. The van der Waals surface area contributed by atoms with E-state index < -0.39 is 29.7 Å². The number of hydrogen-bond donors (Lipinski definition) is 2. The molecule has 1 unspecified atom stereocenters. The second-order valence-electron chi connectivity index (χ2n) is 11.4. The minimum Gasteiger partial charge on any atom is -0.457 e. The van der Waals surface area contributed by atoms with E-state index in [9.17, 15) is 27.6 Å². The van der Waals surface area contributed by atoms with E-state index in [4.69, 9.17) is 14.2 Å². The highest BCUT2D eigenvalue weighted by molar-refractivity contribution is 6.22. The van der Waals surface area contributed by atoms with Crippen LogP contribution in [0.25, 0.3) is 0 Å². The Morgan fingerprint density at radius 1 is 0.884 bits per heavy atom. The van der Waals surface area contributed by atoms with Crippen molar-refractivity contribution in [3.63, 3.8) is 0 Å². The number of carbonyl (C=O) groups excluding carboxylic acids is 3. The molecular weight excluding hydrogens is 573 g/mol. The van der Waals surface area contributed by atoms with Crippen molar-refractivity contribution >= 4 is 17.8 Å². The van der Waals surface area contributed by atoms with Gasteiger partial charge >= 0.3 is 12.4 Å². The number of urea groups is 1. The Hall–Kier alpha value is -3.72. The lowest BCUT2D eigenvalue weighted by molar-refractivity contribution is -0.274. The summed E-state index contributed by atoms with van der Waals surface area (Å²) >= 11 is 0. The third-order valence-electron chi connectivity index (χ3n) is 8.29. The van der Waals surface area contributed by atoms with Crippen molar-refractivity contribution < 1.29 is 46.5 Å². The highest BCUT2D eigenvalue weighted by Crippen LogP contribution is 2.46. The van der Waals surface area contributed by atoms with Gasteiger partial charge in [-0.3, -0.25) is 25.1 Å². The van der Waals surface area contributed by atoms with Gasteiger partial charge in [-0.05, 0) is 61.3 Å². The number of imide groups is 2. The molecule has 2 aromatic carbocycles. The largest absolute Gasteiger partial charge is 0.573 e. The van der Waals surface area contributed by atoms with Gasteiger partial charge in [0.2, 0.25) is 5.54 Å². The van der Waals surface area contributed by atoms with E-state index in [-0.39, 0.29) is 23.0 Å². The lowest BCUT2D eigenvalue weighted by Gasteiger charge is -2.60. The van der Waals surface area contributed by atoms with Crippen molar-refractivity contribution in [1.29, 1.82) is 0 Å². The van der Waals surface area contributed by atoms with Crippen LogP contribution in [0.4, 0.5) is 18.0 Å². The van der Waals surface area contributed by atoms with Crippen LogP contribution in [-0.2, 0) is 24.6 Å². The zero-order chi connectivity index (χ0) is 30.2. The Labute approximate surface area is 245 Å². The molecule has 4 aliphatic rings. The Balaban J connectivity index is 1.18. The van der Waals surface area contributed by atoms with Crippen LogP contribution in [-0.4, -0.2) is 92.7 Å². The summed E-state index contributed by atoms with van der Waals surface area (Å²) in [7, 11) is 0. The summed E-state index contributed by atoms with van der Waals surface area (Å²) in [6.45, 7) is 5.17. The normalized spacial score (nSPS) is 24.2. The number of barbiturate groups is 1. The number of benzene rings is 2. The van der Waals surface area contributed by atoms with Crippen molar-refractivity contribution in [2.75, 3.05) is 52.5 Å². The van der Waals surface area contributed by atoms with Crippen molar-refractivity contribution in [2.45, 2.75) is 30.8 Å². The first-order chi connectivity index (χ1) is 20.5. The van der Waals surface area contributed by atoms with Gasteiger partial charge in [0, 0.05) is 31.6 Å². The molecule has 4 amide bonds. The zero-order valence-electron chi connectivity index (χ0n) is 23.2. The molecule has 2 N–H and O–H groups in total. The Bertz CT molecular complexity index is 1340. The summed E-state index contributed by atoms with van der Waals surface area (Å²) in [4.78, 5) is 43.1. The Morgan fingerprint density at radius 3 is 2.12 bits per heavy atom. The maximum Gasteiger partial charge on any atom is 0.573 e. The monoisotopic (exact) mass is 604 g/mol. The van der Waals surface area contributed by atoms with Crippen LogP contribution in [0.5, 0.6) is 17.2 Å². The lowest BCUT2D eigenvalue weighted by Crippen LogP contribution is -2.77. The van der Waals surface area contributed by atoms with E-state index in [1.165, 1.54) is 12.1 Å². The molecule has 11 nitrogen and oxygen atoms in total. The van der Waals surface area contributed by atoms with Gasteiger partial charge in [-0.15, -0.1) is 13.2 Å². The second kappa shape index (κ2) is 11.4. The van der Waals surface area contributed by atoms with Crippen LogP contribution < -0.4 is 20.1 Å². The predicted octanol–water partition coefficient (Wildman–Crippen LogP) is 2.75. The number of amides is 4. The number of hydrogen-bond acceptors (Lipinski definition) is 9. The first kappa shape index (κ1) is 29.4. The maximum absolute atomic E-state index is 13.5. The molecule has 0 aromatic heterocycles. The lowest BCUT2D eigenvalue weighted by atomic mass is 9.69. The number of alkyl halides is 3. The fourth-order valence-electron chi connectivity index (χ4n) is 6.52. The van der Waals surface area contributed by atoms with Crippen molar-refractivity contribution in [3.8, 4) is 17.2 Å². The van der Waals surface area contributed by atoms with Gasteiger partial charge in [0.15, 0.2) is 0 Å². The SMILES string of the molecule is O=C1NC(=O)C(c2ccc(Oc3ccc(OC(F)(F)F)cc3)cc2)(N2CC3(CCCN(CC4COCCO4)C3)C2)C(=O)N1. The molecule has 14 heteroatoms. The zero-order valence-corrected chi connectivity index (χ0v) is 23.2. The van der Waals surface area contributed by atoms with Gasteiger partial charge in [-0.1, -0.05) is 12.1 Å². The highest BCUT2D eigenvalue weighted by Gasteiger charge is 2.62. The molecule has 6 rings (SSSR count). The highest BCUT2D eigenvalue weighted by atomic mass is 19.4. The van der Waals surface area contributed by atoms with Crippen LogP contribution >= 0.6 is 0 Å². The average Bonchev–Trinajstić information content (AvgIpc) is 2.94. The molecule has 4 heterocycles. The smallest absolute Gasteiger partial charge is 0.457 e. The summed E-state index contributed by atoms with van der Waals surface area (Å²) < 4.78 is 58.3. The number of rotatable bonds is 7. The van der Waals surface area contributed by atoms with Gasteiger partial charge in [0.25, 0.3) is 11.8 Å². The molecule has 4 aliphatic heterocycles. The number of ether oxygens (including phenoxy) is 4. The molecule has 230 valence electrons. The molecule has 1 spiro atoms.